The van der Waals surface area contributed by atoms with Crippen LogP contribution in [0.15, 0.2) is 0 Å². The van der Waals surface area contributed by atoms with Crippen LogP contribution in [0.3, 0.4) is 0 Å². The van der Waals surface area contributed by atoms with E-state index in [2.05, 4.69) is 14.0 Å². The van der Waals surface area contributed by atoms with E-state index in [1.54, 1.807) is 0 Å². The van der Waals surface area contributed by atoms with Crippen LogP contribution >= 0.6 is 0 Å². The Hall–Kier alpha value is -0.0800. The van der Waals surface area contributed by atoms with Gasteiger partial charge in [-0.3, -0.25) is 0 Å². The second-order valence-electron chi connectivity index (χ2n) is 3.50. The van der Waals surface area contributed by atoms with Gasteiger partial charge >= 0.3 is 0 Å². The van der Waals surface area contributed by atoms with Gasteiger partial charge < -0.3 is 10.6 Å². The molecule has 10 heavy (non-hydrogen) atoms. The monoisotopic (exact) mass is 145 g/mol. The molecule has 62 valence electrons. The fraction of sp³-hybridized carbons (Fsp3) is 1.00. The number of rotatable bonds is 2. The minimum absolute atomic E-state index is 0. The molecule has 0 radical (unpaired) electrons. The molecule has 0 amide bonds. The van der Waals surface area contributed by atoms with E-state index in [0.717, 1.165) is 0 Å². The van der Waals surface area contributed by atoms with Gasteiger partial charge in [0.05, 0.1) is 26.7 Å². The number of nitrogens with zero attached hydrogens (tertiary/aromatic N) is 1. The fourth-order valence-electron chi connectivity index (χ4n) is 1.86. The molecule has 2 nitrogen and oxygen atoms in total. The zero-order chi connectivity index (χ0) is 6.74. The molecule has 0 bridgehead atoms. The lowest BCUT2D eigenvalue weighted by Gasteiger charge is -2.28. The Kier molecular flexibility index (Phi) is 3.91. The van der Waals surface area contributed by atoms with Crippen molar-refractivity contribution >= 4 is 0 Å². The largest absolute Gasteiger partial charge is 0.344 e. The van der Waals surface area contributed by atoms with Crippen LogP contribution in [0.25, 0.3) is 0 Å². The first-order valence-corrected chi connectivity index (χ1v) is 4.10. The normalized spacial score (nSPS) is 22.2. The van der Waals surface area contributed by atoms with Gasteiger partial charge in [0.2, 0.25) is 0 Å². The van der Waals surface area contributed by atoms with Crippen molar-refractivity contribution < 1.29 is 4.48 Å². The second-order valence-corrected chi connectivity index (χ2v) is 3.50. The highest BCUT2D eigenvalue weighted by Crippen LogP contribution is 2.15. The highest BCUT2D eigenvalue weighted by atomic mass is 15.3. The lowest BCUT2D eigenvalue weighted by molar-refractivity contribution is -0.897. The Labute approximate surface area is 64.4 Å². The summed E-state index contributed by atoms with van der Waals surface area (Å²) in [7, 11) is 2.39. The van der Waals surface area contributed by atoms with Gasteiger partial charge in [-0.15, -0.1) is 0 Å². The molecular formula is C8H21N2+. The molecular weight excluding hydrogens is 124 g/mol. The van der Waals surface area contributed by atoms with E-state index in [-0.39, 0.29) is 6.15 Å². The fourth-order valence-corrected chi connectivity index (χ4v) is 1.86. The maximum absolute atomic E-state index is 2.39. The second kappa shape index (κ2) is 3.94. The first-order valence-electron chi connectivity index (χ1n) is 4.10. The molecule has 0 atom stereocenters. The van der Waals surface area contributed by atoms with Crippen LogP contribution in [-0.2, 0) is 0 Å². The summed E-state index contributed by atoms with van der Waals surface area (Å²) in [6.07, 6.45) is 4.25. The summed E-state index contributed by atoms with van der Waals surface area (Å²) in [5.41, 5.74) is 0. The van der Waals surface area contributed by atoms with Crippen molar-refractivity contribution in [2.24, 2.45) is 0 Å². The molecule has 1 fully saturated rings. The van der Waals surface area contributed by atoms with Crippen molar-refractivity contribution in [1.82, 2.24) is 6.15 Å². The van der Waals surface area contributed by atoms with Crippen LogP contribution < -0.4 is 6.15 Å². The molecule has 0 aromatic heterocycles. The summed E-state index contributed by atoms with van der Waals surface area (Å²) in [4.78, 5) is 0. The molecule has 1 saturated heterocycles. The first kappa shape index (κ1) is 9.92. The maximum atomic E-state index is 2.39. The summed E-state index contributed by atoms with van der Waals surface area (Å²) in [5.74, 6) is 0. The van der Waals surface area contributed by atoms with Crippen LogP contribution in [0.2, 0.25) is 0 Å². The van der Waals surface area contributed by atoms with Gasteiger partial charge in [0.25, 0.3) is 0 Å². The van der Waals surface area contributed by atoms with Crippen molar-refractivity contribution in [3.63, 3.8) is 0 Å². The van der Waals surface area contributed by atoms with Gasteiger partial charge in [0.15, 0.2) is 0 Å². The van der Waals surface area contributed by atoms with E-state index in [1.807, 2.05) is 0 Å². The molecule has 0 unspecified atom stereocenters. The standard InChI is InChI=1S/C8H18N.H3N/c1-3-6-9(2)7-4-5-8-9;/h3-8H2,1-2H3;1H3/q+1;. The van der Waals surface area contributed by atoms with Gasteiger partial charge in [-0.05, 0) is 6.42 Å². The van der Waals surface area contributed by atoms with Gasteiger partial charge in [-0.1, -0.05) is 6.92 Å². The first-order chi connectivity index (χ1) is 4.27. The summed E-state index contributed by atoms with van der Waals surface area (Å²) in [6, 6.07) is 0. The van der Waals surface area contributed by atoms with E-state index in [1.165, 1.54) is 43.4 Å². The molecule has 0 aromatic carbocycles. The summed E-state index contributed by atoms with van der Waals surface area (Å²) in [6.45, 7) is 6.52. The van der Waals surface area contributed by atoms with Crippen molar-refractivity contribution in [3.8, 4) is 0 Å². The van der Waals surface area contributed by atoms with E-state index >= 15 is 0 Å². The van der Waals surface area contributed by atoms with Crippen molar-refractivity contribution in [3.05, 3.63) is 0 Å². The quantitative estimate of drug-likeness (QED) is 0.591. The van der Waals surface area contributed by atoms with Gasteiger partial charge in [0.1, 0.15) is 0 Å². The minimum Gasteiger partial charge on any atom is -0.344 e. The van der Waals surface area contributed by atoms with Crippen molar-refractivity contribution in [2.45, 2.75) is 26.2 Å². The number of hydrogen-bond donors (Lipinski definition) is 1. The minimum atomic E-state index is 0. The Morgan fingerprint density at radius 1 is 1.20 bits per heavy atom. The van der Waals surface area contributed by atoms with E-state index in [0.29, 0.717) is 0 Å². The third kappa shape index (κ3) is 2.27. The SMILES string of the molecule is CCC[N+]1(C)CCCC1.N. The van der Waals surface area contributed by atoms with Crippen molar-refractivity contribution in [1.29, 1.82) is 0 Å². The number of likely N-dealkylation sites (tertiary alicyclic amines) is 1. The van der Waals surface area contributed by atoms with Crippen LogP contribution in [-0.4, -0.2) is 31.2 Å². The molecule has 0 aliphatic carbocycles. The van der Waals surface area contributed by atoms with Crippen LogP contribution in [0.4, 0.5) is 0 Å². The smallest absolute Gasteiger partial charge is 0.0786 e. The highest BCUT2D eigenvalue weighted by Gasteiger charge is 2.24. The molecule has 1 aliphatic heterocycles. The van der Waals surface area contributed by atoms with Crippen LogP contribution in [0, 0.1) is 0 Å². The Morgan fingerprint density at radius 3 is 2.10 bits per heavy atom. The summed E-state index contributed by atoms with van der Waals surface area (Å²) >= 11 is 0. The molecule has 2 heteroatoms. The van der Waals surface area contributed by atoms with Crippen LogP contribution in [0.1, 0.15) is 26.2 Å². The third-order valence-electron chi connectivity index (χ3n) is 2.41. The Morgan fingerprint density at radius 2 is 1.70 bits per heavy atom. The van der Waals surface area contributed by atoms with Gasteiger partial charge in [-0.2, -0.15) is 0 Å². The average Bonchev–Trinajstić information content (AvgIpc) is 2.16. The van der Waals surface area contributed by atoms with E-state index in [4.69, 9.17) is 0 Å². The Balaban J connectivity index is 0.000000810. The molecule has 0 spiro atoms. The highest BCUT2D eigenvalue weighted by molar-refractivity contribution is 4.50. The summed E-state index contributed by atoms with van der Waals surface area (Å²) in [5, 5.41) is 0. The number of quaternary nitrogens is 1. The molecule has 0 saturated carbocycles. The maximum Gasteiger partial charge on any atom is 0.0786 e. The lowest BCUT2D eigenvalue weighted by Crippen LogP contribution is -2.41. The van der Waals surface area contributed by atoms with Gasteiger partial charge in [0, 0.05) is 12.8 Å². The molecule has 1 heterocycles. The topological polar surface area (TPSA) is 35.0 Å². The third-order valence-corrected chi connectivity index (χ3v) is 2.41. The average molecular weight is 145 g/mol. The predicted octanol–water partition coefficient (Wildman–Crippen LogP) is 1.80. The van der Waals surface area contributed by atoms with Crippen LogP contribution in [0.5, 0.6) is 0 Å². The van der Waals surface area contributed by atoms with Gasteiger partial charge in [-0.25, -0.2) is 0 Å². The molecule has 1 aliphatic rings. The zero-order valence-corrected chi connectivity index (χ0v) is 7.40. The Bertz CT molecular complexity index is 85.3. The molecule has 0 aromatic rings. The van der Waals surface area contributed by atoms with Crippen molar-refractivity contribution in [2.75, 3.05) is 26.7 Å². The van der Waals surface area contributed by atoms with E-state index < -0.39 is 0 Å². The predicted molar refractivity (Wildman–Crippen MR) is 45.3 cm³/mol. The summed E-state index contributed by atoms with van der Waals surface area (Å²) < 4.78 is 1.34. The lowest BCUT2D eigenvalue weighted by atomic mass is 10.4. The van der Waals surface area contributed by atoms with E-state index in [9.17, 15) is 0 Å². The molecule has 3 N–H and O–H groups in total. The number of hydrogen-bond acceptors (Lipinski definition) is 1. The molecule has 1 rings (SSSR count). The zero-order valence-electron chi connectivity index (χ0n) is 7.40.